The molecule has 3 nitrogen and oxygen atoms in total. The van der Waals surface area contributed by atoms with E-state index in [2.05, 4.69) is 52.3 Å². The number of nitrogens with one attached hydrogen (secondary N) is 1. The van der Waals surface area contributed by atoms with Gasteiger partial charge in [0.25, 0.3) is 0 Å². The van der Waals surface area contributed by atoms with Gasteiger partial charge in [-0.25, -0.2) is 4.98 Å². The Morgan fingerprint density at radius 3 is 3.00 bits per heavy atom. The Hall–Kier alpha value is -1.65. The van der Waals surface area contributed by atoms with E-state index >= 15 is 0 Å². The zero-order valence-electron chi connectivity index (χ0n) is 12.2. The quantitative estimate of drug-likeness (QED) is 0.778. The third-order valence-electron chi connectivity index (χ3n) is 4.03. The Kier molecular flexibility index (Phi) is 3.28. The lowest BCUT2D eigenvalue weighted by atomic mass is 10.1. The van der Waals surface area contributed by atoms with Crippen LogP contribution in [0.2, 0.25) is 0 Å². The molecule has 1 aromatic carbocycles. The monoisotopic (exact) mass is 297 g/mol. The molecule has 0 saturated heterocycles. The molecule has 1 N–H and O–H groups in total. The van der Waals surface area contributed by atoms with Crippen LogP contribution in [0.25, 0.3) is 10.9 Å². The van der Waals surface area contributed by atoms with Crippen molar-refractivity contribution in [3.05, 3.63) is 52.1 Å². The van der Waals surface area contributed by atoms with Crippen molar-refractivity contribution in [3.8, 4) is 0 Å². The van der Waals surface area contributed by atoms with E-state index in [1.807, 2.05) is 6.20 Å². The molecule has 0 aliphatic heterocycles. The molecule has 4 heteroatoms. The maximum Gasteiger partial charge on any atom is 0.0897 e. The molecule has 0 spiro atoms. The fourth-order valence-corrected chi connectivity index (χ4v) is 3.60. The number of aryl methyl sites for hydroxylation is 1. The van der Waals surface area contributed by atoms with Crippen LogP contribution in [-0.4, -0.2) is 15.6 Å². The summed E-state index contributed by atoms with van der Waals surface area (Å²) in [5.74, 6) is 0. The van der Waals surface area contributed by atoms with E-state index in [1.54, 1.807) is 11.3 Å². The Labute approximate surface area is 128 Å². The number of benzene rings is 1. The number of rotatable bonds is 5. The molecule has 21 heavy (non-hydrogen) atoms. The second kappa shape index (κ2) is 5.28. The first kappa shape index (κ1) is 13.0. The Morgan fingerprint density at radius 2 is 2.24 bits per heavy atom. The van der Waals surface area contributed by atoms with Crippen LogP contribution in [0.4, 0.5) is 0 Å². The predicted octanol–water partition coefficient (Wildman–Crippen LogP) is 3.71. The molecule has 4 rings (SSSR count). The van der Waals surface area contributed by atoms with E-state index in [4.69, 9.17) is 0 Å². The van der Waals surface area contributed by atoms with Gasteiger partial charge in [-0.15, -0.1) is 11.3 Å². The number of thiazole rings is 1. The number of nitrogens with zero attached hydrogens (tertiary/aromatic N) is 2. The zero-order valence-corrected chi connectivity index (χ0v) is 13.0. The van der Waals surface area contributed by atoms with Crippen LogP contribution in [0, 0.1) is 6.92 Å². The molecule has 1 aliphatic carbocycles. The molecule has 108 valence electrons. The number of aromatic nitrogens is 2. The first-order valence-electron chi connectivity index (χ1n) is 7.51. The van der Waals surface area contributed by atoms with Gasteiger partial charge in [0.1, 0.15) is 0 Å². The van der Waals surface area contributed by atoms with Gasteiger partial charge in [-0.3, -0.25) is 0 Å². The second-order valence-corrected chi connectivity index (χ2v) is 7.12. The number of hydrogen-bond acceptors (Lipinski definition) is 3. The summed E-state index contributed by atoms with van der Waals surface area (Å²) in [7, 11) is 0. The lowest BCUT2D eigenvalue weighted by Gasteiger charge is -2.10. The van der Waals surface area contributed by atoms with Crippen molar-refractivity contribution in [3.63, 3.8) is 0 Å². The molecule has 1 fully saturated rings. The van der Waals surface area contributed by atoms with Gasteiger partial charge < -0.3 is 9.88 Å². The minimum atomic E-state index is 0.743. The van der Waals surface area contributed by atoms with Crippen molar-refractivity contribution in [2.24, 2.45) is 0 Å². The van der Waals surface area contributed by atoms with Crippen molar-refractivity contribution in [1.29, 1.82) is 0 Å². The normalized spacial score (nSPS) is 14.9. The van der Waals surface area contributed by atoms with Gasteiger partial charge >= 0.3 is 0 Å². The van der Waals surface area contributed by atoms with E-state index in [0.29, 0.717) is 0 Å². The van der Waals surface area contributed by atoms with Crippen LogP contribution in [0.3, 0.4) is 0 Å². The van der Waals surface area contributed by atoms with Gasteiger partial charge in [0, 0.05) is 29.9 Å². The topological polar surface area (TPSA) is 29.9 Å². The standard InChI is InChI=1S/C17H19N3S/c1-12-18-10-16(21-12)11-20-8-7-13-3-2-4-14(17(13)20)9-19-15-5-6-15/h2-4,7-8,10,15,19H,5-6,9,11H2,1H3. The van der Waals surface area contributed by atoms with Crippen LogP contribution in [-0.2, 0) is 13.1 Å². The van der Waals surface area contributed by atoms with Crippen molar-refractivity contribution < 1.29 is 0 Å². The number of hydrogen-bond donors (Lipinski definition) is 1. The molecule has 1 saturated carbocycles. The summed E-state index contributed by atoms with van der Waals surface area (Å²) in [6.45, 7) is 3.94. The summed E-state index contributed by atoms with van der Waals surface area (Å²) in [4.78, 5) is 5.68. The van der Waals surface area contributed by atoms with E-state index in [1.165, 1.54) is 34.2 Å². The summed E-state index contributed by atoms with van der Waals surface area (Å²) in [5, 5.41) is 6.09. The van der Waals surface area contributed by atoms with Crippen LogP contribution in [0.1, 0.15) is 28.3 Å². The molecule has 2 aromatic heterocycles. The fraction of sp³-hybridized carbons (Fsp3) is 0.353. The van der Waals surface area contributed by atoms with E-state index in [0.717, 1.165) is 24.1 Å². The van der Waals surface area contributed by atoms with Gasteiger partial charge in [-0.1, -0.05) is 18.2 Å². The number of para-hydroxylation sites is 1. The van der Waals surface area contributed by atoms with Crippen molar-refractivity contribution in [2.75, 3.05) is 0 Å². The smallest absolute Gasteiger partial charge is 0.0897 e. The SMILES string of the molecule is Cc1ncc(Cn2ccc3cccc(CNC4CC4)c32)s1. The molecule has 0 atom stereocenters. The fourth-order valence-electron chi connectivity index (χ4n) is 2.80. The predicted molar refractivity (Wildman–Crippen MR) is 87.8 cm³/mol. The largest absolute Gasteiger partial charge is 0.342 e. The van der Waals surface area contributed by atoms with Crippen molar-refractivity contribution in [2.45, 2.75) is 38.9 Å². The van der Waals surface area contributed by atoms with Crippen LogP contribution >= 0.6 is 11.3 Å². The molecular formula is C17H19N3S. The Morgan fingerprint density at radius 1 is 1.33 bits per heavy atom. The minimum Gasteiger partial charge on any atom is -0.342 e. The molecule has 0 amide bonds. The lowest BCUT2D eigenvalue weighted by Crippen LogP contribution is -2.16. The molecule has 2 heterocycles. The van der Waals surface area contributed by atoms with E-state index in [-0.39, 0.29) is 0 Å². The third-order valence-corrected chi connectivity index (χ3v) is 4.92. The highest BCUT2D eigenvalue weighted by Gasteiger charge is 2.20. The van der Waals surface area contributed by atoms with E-state index < -0.39 is 0 Å². The molecule has 3 aromatic rings. The first-order valence-corrected chi connectivity index (χ1v) is 8.33. The van der Waals surface area contributed by atoms with Gasteiger partial charge in [0.15, 0.2) is 0 Å². The summed E-state index contributed by atoms with van der Waals surface area (Å²) in [5.41, 5.74) is 2.75. The molecular weight excluding hydrogens is 278 g/mol. The summed E-state index contributed by atoms with van der Waals surface area (Å²) in [6.07, 6.45) is 6.85. The highest BCUT2D eigenvalue weighted by Crippen LogP contribution is 2.25. The maximum absolute atomic E-state index is 4.36. The third kappa shape index (κ3) is 2.74. The van der Waals surface area contributed by atoms with Gasteiger partial charge in [0.2, 0.25) is 0 Å². The molecule has 1 aliphatic rings. The maximum atomic E-state index is 4.36. The van der Waals surface area contributed by atoms with Gasteiger partial charge in [-0.2, -0.15) is 0 Å². The summed E-state index contributed by atoms with van der Waals surface area (Å²) < 4.78 is 2.35. The average molecular weight is 297 g/mol. The Bertz CT molecular complexity index is 767. The van der Waals surface area contributed by atoms with Gasteiger partial charge in [0.05, 0.1) is 17.1 Å². The highest BCUT2D eigenvalue weighted by atomic mass is 32.1. The first-order chi connectivity index (χ1) is 10.3. The Balaban J connectivity index is 1.67. The van der Waals surface area contributed by atoms with Crippen molar-refractivity contribution in [1.82, 2.24) is 14.9 Å². The van der Waals surface area contributed by atoms with E-state index in [9.17, 15) is 0 Å². The van der Waals surface area contributed by atoms with Crippen LogP contribution in [0.5, 0.6) is 0 Å². The second-order valence-electron chi connectivity index (χ2n) is 5.80. The minimum absolute atomic E-state index is 0.743. The van der Waals surface area contributed by atoms with Crippen LogP contribution < -0.4 is 5.32 Å². The summed E-state index contributed by atoms with van der Waals surface area (Å²) >= 11 is 1.78. The van der Waals surface area contributed by atoms with Crippen LogP contribution in [0.15, 0.2) is 36.7 Å². The molecule has 0 radical (unpaired) electrons. The van der Waals surface area contributed by atoms with Crippen molar-refractivity contribution >= 4 is 22.2 Å². The number of fused-ring (bicyclic) bond motifs is 1. The molecule has 0 bridgehead atoms. The zero-order chi connectivity index (χ0) is 14.2. The molecule has 0 unspecified atom stereocenters. The summed E-state index contributed by atoms with van der Waals surface area (Å²) in [6, 6.07) is 9.56. The van der Waals surface area contributed by atoms with Gasteiger partial charge in [-0.05, 0) is 36.8 Å². The average Bonchev–Trinajstić information content (AvgIpc) is 3.10. The lowest BCUT2D eigenvalue weighted by molar-refractivity contribution is 0.687. The highest BCUT2D eigenvalue weighted by molar-refractivity contribution is 7.11.